The van der Waals surface area contributed by atoms with Crippen molar-refractivity contribution in [1.29, 1.82) is 0 Å². The fourth-order valence-electron chi connectivity index (χ4n) is 1.85. The SMILES string of the molecule is Oc1sc(C=Nc2ccc(Br)cc2)c2ccccc12. The van der Waals surface area contributed by atoms with Gasteiger partial charge in [0.05, 0.1) is 10.6 Å². The van der Waals surface area contributed by atoms with Crippen molar-refractivity contribution in [2.75, 3.05) is 0 Å². The van der Waals surface area contributed by atoms with Gasteiger partial charge in [-0.1, -0.05) is 45.5 Å². The molecule has 0 fully saturated rings. The first-order valence-electron chi connectivity index (χ1n) is 5.74. The first-order chi connectivity index (χ1) is 9.24. The molecule has 4 heteroatoms. The van der Waals surface area contributed by atoms with E-state index in [0.717, 1.165) is 25.8 Å². The van der Waals surface area contributed by atoms with Crippen LogP contribution in [0.3, 0.4) is 0 Å². The molecule has 0 bridgehead atoms. The topological polar surface area (TPSA) is 32.6 Å². The Balaban J connectivity index is 1.99. The first-order valence-corrected chi connectivity index (χ1v) is 7.35. The number of thiophene rings is 1. The third-order valence-corrected chi connectivity index (χ3v) is 4.27. The summed E-state index contributed by atoms with van der Waals surface area (Å²) in [7, 11) is 0. The van der Waals surface area contributed by atoms with Gasteiger partial charge in [0, 0.05) is 21.5 Å². The zero-order valence-electron chi connectivity index (χ0n) is 9.88. The van der Waals surface area contributed by atoms with E-state index in [0.29, 0.717) is 5.06 Å². The minimum absolute atomic E-state index is 0.341. The molecule has 3 aromatic rings. The number of rotatable bonds is 2. The van der Waals surface area contributed by atoms with Gasteiger partial charge in [0.1, 0.15) is 0 Å². The lowest BCUT2D eigenvalue weighted by Crippen LogP contribution is -1.75. The zero-order chi connectivity index (χ0) is 13.2. The van der Waals surface area contributed by atoms with Gasteiger partial charge in [0.15, 0.2) is 5.06 Å². The van der Waals surface area contributed by atoms with Gasteiger partial charge in [-0.15, -0.1) is 0 Å². The van der Waals surface area contributed by atoms with Gasteiger partial charge in [-0.2, -0.15) is 0 Å². The lowest BCUT2D eigenvalue weighted by Gasteiger charge is -1.93. The summed E-state index contributed by atoms with van der Waals surface area (Å²) in [4.78, 5) is 5.40. The summed E-state index contributed by atoms with van der Waals surface area (Å²) in [6.45, 7) is 0. The number of hydrogen-bond acceptors (Lipinski definition) is 3. The highest BCUT2D eigenvalue weighted by Crippen LogP contribution is 2.35. The van der Waals surface area contributed by atoms with Crippen molar-refractivity contribution in [3.8, 4) is 5.06 Å². The lowest BCUT2D eigenvalue weighted by atomic mass is 10.2. The minimum Gasteiger partial charge on any atom is -0.499 e. The van der Waals surface area contributed by atoms with Gasteiger partial charge in [-0.05, 0) is 30.3 Å². The van der Waals surface area contributed by atoms with Crippen LogP contribution < -0.4 is 0 Å². The predicted molar refractivity (Wildman–Crippen MR) is 84.9 cm³/mol. The molecule has 0 radical (unpaired) electrons. The summed E-state index contributed by atoms with van der Waals surface area (Å²) < 4.78 is 1.03. The molecule has 0 unspecified atom stereocenters. The van der Waals surface area contributed by atoms with Crippen molar-refractivity contribution >= 4 is 49.9 Å². The van der Waals surface area contributed by atoms with Crippen molar-refractivity contribution < 1.29 is 5.11 Å². The molecule has 3 rings (SSSR count). The first kappa shape index (κ1) is 12.4. The highest BCUT2D eigenvalue weighted by atomic mass is 79.9. The summed E-state index contributed by atoms with van der Waals surface area (Å²) in [5.74, 6) is 0. The highest BCUT2D eigenvalue weighted by Gasteiger charge is 2.07. The van der Waals surface area contributed by atoms with Gasteiger partial charge < -0.3 is 5.11 Å². The summed E-state index contributed by atoms with van der Waals surface area (Å²) in [5.41, 5.74) is 0.889. The molecular formula is C15H10BrNOS. The maximum atomic E-state index is 9.88. The van der Waals surface area contributed by atoms with Crippen molar-refractivity contribution in [2.45, 2.75) is 0 Å². The van der Waals surface area contributed by atoms with E-state index in [9.17, 15) is 5.11 Å². The minimum atomic E-state index is 0.341. The quantitative estimate of drug-likeness (QED) is 0.649. The molecule has 0 aliphatic carbocycles. The van der Waals surface area contributed by atoms with E-state index in [1.54, 1.807) is 6.21 Å². The third kappa shape index (κ3) is 2.55. The fraction of sp³-hybridized carbons (Fsp3) is 0. The van der Waals surface area contributed by atoms with Crippen LogP contribution in [0.1, 0.15) is 4.88 Å². The van der Waals surface area contributed by atoms with Crippen LogP contribution in [0.2, 0.25) is 0 Å². The summed E-state index contributed by atoms with van der Waals surface area (Å²) in [6.07, 6.45) is 1.80. The van der Waals surface area contributed by atoms with E-state index in [4.69, 9.17) is 0 Å². The van der Waals surface area contributed by atoms with Crippen LogP contribution in [0, 0.1) is 0 Å². The van der Waals surface area contributed by atoms with Crippen LogP contribution in [-0.2, 0) is 0 Å². The van der Waals surface area contributed by atoms with E-state index in [1.807, 2.05) is 48.5 Å². The van der Waals surface area contributed by atoms with E-state index in [2.05, 4.69) is 20.9 Å². The largest absolute Gasteiger partial charge is 0.499 e. The second-order valence-electron chi connectivity index (χ2n) is 4.05. The average molecular weight is 332 g/mol. The van der Waals surface area contributed by atoms with Crippen LogP contribution >= 0.6 is 27.3 Å². The Bertz CT molecular complexity index is 746. The molecule has 0 atom stereocenters. The molecule has 1 heterocycles. The molecule has 0 spiro atoms. The van der Waals surface area contributed by atoms with Gasteiger partial charge >= 0.3 is 0 Å². The van der Waals surface area contributed by atoms with Crippen molar-refractivity contribution in [3.63, 3.8) is 0 Å². The second kappa shape index (κ2) is 5.15. The maximum absolute atomic E-state index is 9.88. The highest BCUT2D eigenvalue weighted by molar-refractivity contribution is 9.10. The number of benzene rings is 2. The molecule has 19 heavy (non-hydrogen) atoms. The molecule has 0 aliphatic rings. The summed E-state index contributed by atoms with van der Waals surface area (Å²) >= 11 is 4.74. The van der Waals surface area contributed by atoms with Crippen LogP contribution in [-0.4, -0.2) is 11.3 Å². The van der Waals surface area contributed by atoms with Gasteiger partial charge in [0.2, 0.25) is 0 Å². The molecule has 2 nitrogen and oxygen atoms in total. The number of aliphatic imine (C=N–C) groups is 1. The van der Waals surface area contributed by atoms with Crippen LogP contribution in [0.15, 0.2) is 58.0 Å². The molecule has 1 N–H and O–H groups in total. The standard InChI is InChI=1S/C15H10BrNOS/c16-10-5-7-11(8-6-10)17-9-14-12-3-1-2-4-13(12)15(18)19-14/h1-9,18H. The monoisotopic (exact) mass is 331 g/mol. The summed E-state index contributed by atoms with van der Waals surface area (Å²) in [6, 6.07) is 15.6. The van der Waals surface area contributed by atoms with Crippen LogP contribution in [0.25, 0.3) is 10.8 Å². The zero-order valence-corrected chi connectivity index (χ0v) is 12.3. The maximum Gasteiger partial charge on any atom is 0.179 e. The molecule has 0 saturated carbocycles. The third-order valence-electron chi connectivity index (χ3n) is 2.79. The fourth-order valence-corrected chi connectivity index (χ4v) is 3.01. The number of nitrogens with zero attached hydrogens (tertiary/aromatic N) is 1. The van der Waals surface area contributed by atoms with Gasteiger partial charge in [-0.25, -0.2) is 0 Å². The van der Waals surface area contributed by atoms with E-state index in [1.165, 1.54) is 11.3 Å². The lowest BCUT2D eigenvalue weighted by molar-refractivity contribution is 0.496. The average Bonchev–Trinajstić information content (AvgIpc) is 2.76. The Labute approximate surface area is 123 Å². The predicted octanol–water partition coefficient (Wildman–Crippen LogP) is 5.12. The van der Waals surface area contributed by atoms with E-state index < -0.39 is 0 Å². The Morgan fingerprint density at radius 1 is 1.00 bits per heavy atom. The smallest absolute Gasteiger partial charge is 0.179 e. The van der Waals surface area contributed by atoms with Gasteiger partial charge in [-0.3, -0.25) is 4.99 Å². The number of hydrogen-bond donors (Lipinski definition) is 1. The number of halogens is 1. The molecule has 0 amide bonds. The molecule has 2 aromatic carbocycles. The van der Waals surface area contributed by atoms with Crippen LogP contribution in [0.4, 0.5) is 5.69 Å². The molecule has 94 valence electrons. The molecule has 0 aliphatic heterocycles. The van der Waals surface area contributed by atoms with E-state index in [-0.39, 0.29) is 0 Å². The Morgan fingerprint density at radius 2 is 1.68 bits per heavy atom. The molecule has 1 aromatic heterocycles. The van der Waals surface area contributed by atoms with Crippen molar-refractivity contribution in [3.05, 3.63) is 57.9 Å². The molecule has 0 saturated heterocycles. The normalized spacial score (nSPS) is 11.4. The Morgan fingerprint density at radius 3 is 2.42 bits per heavy atom. The summed E-state index contributed by atoms with van der Waals surface area (Å²) in [5, 5.41) is 12.1. The number of fused-ring (bicyclic) bond motifs is 1. The van der Waals surface area contributed by atoms with Crippen LogP contribution in [0.5, 0.6) is 5.06 Å². The molecular weight excluding hydrogens is 322 g/mol. The number of aromatic hydroxyl groups is 1. The Kier molecular flexibility index (Phi) is 3.36. The van der Waals surface area contributed by atoms with Gasteiger partial charge in [0.25, 0.3) is 0 Å². The Hall–Kier alpha value is -1.65. The van der Waals surface area contributed by atoms with Crippen molar-refractivity contribution in [2.24, 2.45) is 4.99 Å². The van der Waals surface area contributed by atoms with E-state index >= 15 is 0 Å². The van der Waals surface area contributed by atoms with Crippen molar-refractivity contribution in [1.82, 2.24) is 0 Å². The second-order valence-corrected chi connectivity index (χ2v) is 6.00.